The maximum atomic E-state index is 13.7. The van der Waals surface area contributed by atoms with Gasteiger partial charge in [0.1, 0.15) is 5.82 Å². The first-order valence-electron chi connectivity index (χ1n) is 5.00. The summed E-state index contributed by atoms with van der Waals surface area (Å²) in [7, 11) is -0.972. The number of hydrogen-bond donors (Lipinski definition) is 1. The Labute approximate surface area is 92.1 Å². The largest absolute Gasteiger partial charge is 0.326 e. The second kappa shape index (κ2) is 5.98. The fraction of sp³-hybridized carbons (Fsp3) is 0.455. The molecule has 4 heteroatoms. The van der Waals surface area contributed by atoms with Crippen LogP contribution >= 0.6 is 0 Å². The van der Waals surface area contributed by atoms with Gasteiger partial charge in [-0.2, -0.15) is 0 Å². The monoisotopic (exact) mass is 229 g/mol. The van der Waals surface area contributed by atoms with E-state index in [1.807, 2.05) is 6.92 Å². The Hall–Kier alpha value is -0.740. The van der Waals surface area contributed by atoms with Crippen LogP contribution in [0.4, 0.5) is 4.39 Å². The van der Waals surface area contributed by atoms with Gasteiger partial charge >= 0.3 is 0 Å². The molecule has 1 unspecified atom stereocenters. The van der Waals surface area contributed by atoms with Crippen LogP contribution in [0.1, 0.15) is 24.5 Å². The molecule has 1 aromatic rings. The Morgan fingerprint density at radius 3 is 2.67 bits per heavy atom. The van der Waals surface area contributed by atoms with Gasteiger partial charge in [0.15, 0.2) is 0 Å². The van der Waals surface area contributed by atoms with Crippen LogP contribution in [0.25, 0.3) is 0 Å². The van der Waals surface area contributed by atoms with Gasteiger partial charge in [0.25, 0.3) is 0 Å². The molecule has 0 spiro atoms. The zero-order valence-corrected chi connectivity index (χ0v) is 9.65. The van der Waals surface area contributed by atoms with Gasteiger partial charge in [-0.05, 0) is 6.42 Å². The van der Waals surface area contributed by atoms with E-state index in [4.69, 9.17) is 5.73 Å². The normalized spacial score (nSPS) is 12.7. The molecule has 0 aromatic heterocycles. The van der Waals surface area contributed by atoms with Gasteiger partial charge in [-0.3, -0.25) is 4.21 Å². The highest BCUT2D eigenvalue weighted by molar-refractivity contribution is 7.84. The van der Waals surface area contributed by atoms with Crippen LogP contribution in [0.15, 0.2) is 18.2 Å². The van der Waals surface area contributed by atoms with Crippen molar-refractivity contribution in [2.75, 3.05) is 5.75 Å². The van der Waals surface area contributed by atoms with Crippen molar-refractivity contribution in [2.45, 2.75) is 25.6 Å². The maximum Gasteiger partial charge on any atom is 0.131 e. The fourth-order valence-corrected chi connectivity index (χ4v) is 2.54. The SMILES string of the molecule is CCCS(=O)Cc1cccc(CN)c1F. The molecule has 0 aliphatic heterocycles. The minimum Gasteiger partial charge on any atom is -0.326 e. The molecule has 0 amide bonds. The molecule has 1 rings (SSSR count). The average Bonchev–Trinajstić information content (AvgIpc) is 2.21. The number of benzene rings is 1. The summed E-state index contributed by atoms with van der Waals surface area (Å²) in [5.41, 5.74) is 6.38. The Balaban J connectivity index is 2.81. The van der Waals surface area contributed by atoms with Gasteiger partial charge in [-0.15, -0.1) is 0 Å². The first-order valence-corrected chi connectivity index (χ1v) is 6.49. The Kier molecular flexibility index (Phi) is 4.91. The van der Waals surface area contributed by atoms with Gasteiger partial charge in [0.2, 0.25) is 0 Å². The zero-order valence-electron chi connectivity index (χ0n) is 8.83. The zero-order chi connectivity index (χ0) is 11.3. The molecule has 15 heavy (non-hydrogen) atoms. The molecule has 1 aromatic carbocycles. The number of nitrogens with two attached hydrogens (primary N) is 1. The van der Waals surface area contributed by atoms with Crippen LogP contribution < -0.4 is 5.73 Å². The van der Waals surface area contributed by atoms with Crippen LogP contribution in [0, 0.1) is 5.82 Å². The Bertz CT molecular complexity index is 354. The maximum absolute atomic E-state index is 13.7. The average molecular weight is 229 g/mol. The molecule has 1 atom stereocenters. The Morgan fingerprint density at radius 2 is 2.07 bits per heavy atom. The van der Waals surface area contributed by atoms with Crippen molar-refractivity contribution in [3.05, 3.63) is 35.1 Å². The summed E-state index contributed by atoms with van der Waals surface area (Å²) in [5, 5.41) is 0. The van der Waals surface area contributed by atoms with Crippen molar-refractivity contribution < 1.29 is 8.60 Å². The summed E-state index contributed by atoms with van der Waals surface area (Å²) in [5.74, 6) is 0.601. The van der Waals surface area contributed by atoms with E-state index in [0.717, 1.165) is 6.42 Å². The van der Waals surface area contributed by atoms with E-state index in [2.05, 4.69) is 0 Å². The third-order valence-electron chi connectivity index (χ3n) is 2.13. The Morgan fingerprint density at radius 1 is 1.40 bits per heavy atom. The van der Waals surface area contributed by atoms with E-state index in [1.54, 1.807) is 18.2 Å². The minimum absolute atomic E-state index is 0.181. The predicted molar refractivity (Wildman–Crippen MR) is 61.3 cm³/mol. The molecule has 0 saturated heterocycles. The molecule has 0 heterocycles. The highest BCUT2D eigenvalue weighted by atomic mass is 32.2. The van der Waals surface area contributed by atoms with Crippen molar-refractivity contribution in [3.63, 3.8) is 0 Å². The van der Waals surface area contributed by atoms with Crippen LogP contribution in [0.5, 0.6) is 0 Å². The summed E-state index contributed by atoms with van der Waals surface area (Å²) >= 11 is 0. The fourth-order valence-electron chi connectivity index (χ4n) is 1.38. The molecule has 2 nitrogen and oxygen atoms in total. The standard InChI is InChI=1S/C11H16FNOS/c1-2-6-15(14)8-10-5-3-4-9(7-13)11(10)12/h3-5H,2,6-8,13H2,1H3. The van der Waals surface area contributed by atoms with Gasteiger partial charge in [-0.1, -0.05) is 25.1 Å². The molecule has 0 radical (unpaired) electrons. The van der Waals surface area contributed by atoms with E-state index < -0.39 is 10.8 Å². The van der Waals surface area contributed by atoms with E-state index in [9.17, 15) is 8.60 Å². The van der Waals surface area contributed by atoms with Crippen molar-refractivity contribution in [1.29, 1.82) is 0 Å². The third kappa shape index (κ3) is 3.39. The molecule has 0 fully saturated rings. The molecule has 2 N–H and O–H groups in total. The van der Waals surface area contributed by atoms with Crippen LogP contribution in [0.2, 0.25) is 0 Å². The topological polar surface area (TPSA) is 43.1 Å². The van der Waals surface area contributed by atoms with E-state index in [0.29, 0.717) is 16.9 Å². The number of halogens is 1. The first-order chi connectivity index (χ1) is 7.19. The van der Waals surface area contributed by atoms with E-state index in [1.165, 1.54) is 0 Å². The van der Waals surface area contributed by atoms with Crippen LogP contribution in [-0.4, -0.2) is 9.96 Å². The summed E-state index contributed by atoms with van der Waals surface area (Å²) < 4.78 is 25.1. The lowest BCUT2D eigenvalue weighted by Crippen LogP contribution is -2.06. The lowest BCUT2D eigenvalue weighted by atomic mass is 10.1. The molecular formula is C11H16FNOS. The minimum atomic E-state index is -0.972. The summed E-state index contributed by atoms with van der Waals surface area (Å²) in [6, 6.07) is 5.08. The third-order valence-corrected chi connectivity index (χ3v) is 3.62. The van der Waals surface area contributed by atoms with Crippen molar-refractivity contribution in [3.8, 4) is 0 Å². The van der Waals surface area contributed by atoms with Crippen molar-refractivity contribution in [2.24, 2.45) is 5.73 Å². The first kappa shape index (κ1) is 12.3. The van der Waals surface area contributed by atoms with Crippen LogP contribution in [0.3, 0.4) is 0 Å². The molecule has 0 aliphatic carbocycles. The summed E-state index contributed by atoms with van der Waals surface area (Å²) in [6.45, 7) is 2.14. The van der Waals surface area contributed by atoms with Gasteiger partial charge in [-0.25, -0.2) is 4.39 Å². The second-order valence-electron chi connectivity index (χ2n) is 3.38. The molecule has 0 bridgehead atoms. The summed E-state index contributed by atoms with van der Waals surface area (Å²) in [6.07, 6.45) is 0.852. The quantitative estimate of drug-likeness (QED) is 0.838. The van der Waals surface area contributed by atoms with Crippen molar-refractivity contribution >= 4 is 10.8 Å². The van der Waals surface area contributed by atoms with E-state index in [-0.39, 0.29) is 18.1 Å². The van der Waals surface area contributed by atoms with Gasteiger partial charge in [0.05, 0.1) is 5.75 Å². The highest BCUT2D eigenvalue weighted by Crippen LogP contribution is 2.14. The number of hydrogen-bond acceptors (Lipinski definition) is 2. The van der Waals surface area contributed by atoms with Crippen LogP contribution in [-0.2, 0) is 23.1 Å². The smallest absolute Gasteiger partial charge is 0.131 e. The van der Waals surface area contributed by atoms with Gasteiger partial charge < -0.3 is 5.73 Å². The molecule has 0 aliphatic rings. The molecule has 0 saturated carbocycles. The molecule has 84 valence electrons. The predicted octanol–water partition coefficient (Wildman–Crippen LogP) is 1.94. The summed E-state index contributed by atoms with van der Waals surface area (Å²) in [4.78, 5) is 0. The van der Waals surface area contributed by atoms with Gasteiger partial charge in [0, 0.05) is 34.2 Å². The highest BCUT2D eigenvalue weighted by Gasteiger charge is 2.09. The molecular weight excluding hydrogens is 213 g/mol. The van der Waals surface area contributed by atoms with Crippen molar-refractivity contribution in [1.82, 2.24) is 0 Å². The lowest BCUT2D eigenvalue weighted by Gasteiger charge is -2.06. The van der Waals surface area contributed by atoms with E-state index >= 15 is 0 Å². The second-order valence-corrected chi connectivity index (χ2v) is 4.96. The number of rotatable bonds is 5. The lowest BCUT2D eigenvalue weighted by molar-refractivity contribution is 0.598.